The van der Waals surface area contributed by atoms with E-state index in [1.54, 1.807) is 43.6 Å². The predicted octanol–water partition coefficient (Wildman–Crippen LogP) is 2.97. The van der Waals surface area contributed by atoms with Gasteiger partial charge in [0.15, 0.2) is 11.5 Å². The van der Waals surface area contributed by atoms with Crippen LogP contribution < -0.4 is 4.90 Å². The number of nitrogens with zero attached hydrogens (tertiary/aromatic N) is 2. The lowest BCUT2D eigenvalue weighted by Gasteiger charge is -2.27. The Labute approximate surface area is 145 Å². The third-order valence-electron chi connectivity index (χ3n) is 4.24. The van der Waals surface area contributed by atoms with Crippen molar-refractivity contribution < 1.29 is 19.8 Å². The summed E-state index contributed by atoms with van der Waals surface area (Å²) in [6.45, 7) is 3.50. The van der Waals surface area contributed by atoms with Crippen LogP contribution in [0.1, 0.15) is 30.5 Å². The molecule has 0 saturated heterocycles. The Morgan fingerprint density at radius 2 is 1.88 bits per heavy atom. The smallest absolute Gasteiger partial charge is 0.294 e. The highest BCUT2D eigenvalue weighted by molar-refractivity contribution is 6.16. The molecule has 6 nitrogen and oxygen atoms in total. The second-order valence-electron chi connectivity index (χ2n) is 5.89. The first-order valence-corrected chi connectivity index (χ1v) is 7.95. The van der Waals surface area contributed by atoms with Crippen LogP contribution in [0.4, 0.5) is 5.69 Å². The first-order valence-electron chi connectivity index (χ1n) is 7.95. The number of hydrogen-bond acceptors (Lipinski definition) is 5. The van der Waals surface area contributed by atoms with E-state index in [0.29, 0.717) is 5.56 Å². The maximum Gasteiger partial charge on any atom is 0.294 e. The fourth-order valence-electron chi connectivity index (χ4n) is 3.02. The second-order valence-corrected chi connectivity index (χ2v) is 5.89. The summed E-state index contributed by atoms with van der Waals surface area (Å²) in [5.74, 6) is -1.70. The van der Waals surface area contributed by atoms with Gasteiger partial charge in [-0.1, -0.05) is 13.0 Å². The zero-order chi connectivity index (χ0) is 18.1. The first kappa shape index (κ1) is 16.7. The predicted molar refractivity (Wildman–Crippen MR) is 92.3 cm³/mol. The van der Waals surface area contributed by atoms with Gasteiger partial charge in [-0.3, -0.25) is 19.5 Å². The molecule has 2 N–H and O–H groups in total. The molecule has 2 aromatic rings. The van der Waals surface area contributed by atoms with E-state index in [1.807, 2.05) is 6.92 Å². The minimum atomic E-state index is -0.810. The molecule has 1 aromatic heterocycles. The van der Waals surface area contributed by atoms with E-state index in [4.69, 9.17) is 0 Å². The van der Waals surface area contributed by atoms with Crippen molar-refractivity contribution in [1.29, 1.82) is 0 Å². The van der Waals surface area contributed by atoms with Gasteiger partial charge in [-0.05, 0) is 42.3 Å². The quantitative estimate of drug-likeness (QED) is 0.894. The van der Waals surface area contributed by atoms with Crippen LogP contribution in [-0.4, -0.2) is 26.9 Å². The van der Waals surface area contributed by atoms with Crippen LogP contribution in [0, 0.1) is 6.92 Å². The van der Waals surface area contributed by atoms with Crippen molar-refractivity contribution in [2.24, 2.45) is 0 Å². The number of phenols is 1. The van der Waals surface area contributed by atoms with Gasteiger partial charge >= 0.3 is 0 Å². The van der Waals surface area contributed by atoms with Crippen molar-refractivity contribution in [2.75, 3.05) is 4.90 Å². The highest BCUT2D eigenvalue weighted by Gasteiger charge is 2.44. The lowest BCUT2D eigenvalue weighted by atomic mass is 9.95. The van der Waals surface area contributed by atoms with Gasteiger partial charge in [-0.25, -0.2) is 0 Å². The van der Waals surface area contributed by atoms with Gasteiger partial charge in [0.25, 0.3) is 5.91 Å². The summed E-state index contributed by atoms with van der Waals surface area (Å²) >= 11 is 0. The van der Waals surface area contributed by atoms with Crippen molar-refractivity contribution in [3.63, 3.8) is 0 Å². The third-order valence-corrected chi connectivity index (χ3v) is 4.24. The number of aliphatic hydroxyl groups is 1. The van der Waals surface area contributed by atoms with Crippen LogP contribution in [-0.2, 0) is 9.59 Å². The number of aromatic hydroxyl groups is 1. The zero-order valence-corrected chi connectivity index (χ0v) is 13.9. The average Bonchev–Trinajstić information content (AvgIpc) is 2.88. The van der Waals surface area contributed by atoms with Gasteiger partial charge < -0.3 is 10.2 Å². The summed E-state index contributed by atoms with van der Waals surface area (Å²) in [5.41, 5.74) is 1.76. The van der Waals surface area contributed by atoms with Gasteiger partial charge in [0.1, 0.15) is 5.75 Å². The van der Waals surface area contributed by atoms with Crippen LogP contribution in [0.15, 0.2) is 54.1 Å². The lowest BCUT2D eigenvalue weighted by molar-refractivity contribution is -0.118. The Bertz CT molecular complexity index is 874. The van der Waals surface area contributed by atoms with Crippen molar-refractivity contribution >= 4 is 17.4 Å². The van der Waals surface area contributed by atoms with Gasteiger partial charge in [0, 0.05) is 18.8 Å². The van der Waals surface area contributed by atoms with Crippen molar-refractivity contribution in [2.45, 2.75) is 26.3 Å². The van der Waals surface area contributed by atoms with Gasteiger partial charge in [0.2, 0.25) is 0 Å². The zero-order valence-electron chi connectivity index (χ0n) is 13.9. The standard InChI is InChI=1S/C19H18N2O4/c1-3-14(22)16-17(12-6-8-20-9-7-12)21(19(25)18(16)24)13-10-11(2)4-5-15(13)23/h4-10,17,23-24H,3H2,1-2H3. The largest absolute Gasteiger partial charge is 0.506 e. The number of carbonyl (C=O) groups is 2. The van der Waals surface area contributed by atoms with E-state index >= 15 is 0 Å². The number of rotatable bonds is 4. The molecular weight excluding hydrogens is 320 g/mol. The number of ketones is 1. The van der Waals surface area contributed by atoms with E-state index in [0.717, 1.165) is 5.56 Å². The maximum atomic E-state index is 12.7. The Hall–Kier alpha value is -3.15. The summed E-state index contributed by atoms with van der Waals surface area (Å²) in [7, 11) is 0. The van der Waals surface area contributed by atoms with Gasteiger partial charge in [-0.15, -0.1) is 0 Å². The lowest BCUT2D eigenvalue weighted by Crippen LogP contribution is -2.31. The van der Waals surface area contributed by atoms with E-state index in [9.17, 15) is 19.8 Å². The Balaban J connectivity index is 2.22. The molecule has 3 rings (SSSR count). The van der Waals surface area contributed by atoms with Crippen LogP contribution >= 0.6 is 0 Å². The number of hydrogen-bond donors (Lipinski definition) is 2. The van der Waals surface area contributed by atoms with Crippen LogP contribution in [0.2, 0.25) is 0 Å². The number of Topliss-reactive ketones (excluding diaryl/α,β-unsaturated/α-hetero) is 1. The molecule has 1 atom stereocenters. The molecule has 0 radical (unpaired) electrons. The summed E-state index contributed by atoms with van der Waals surface area (Å²) in [6.07, 6.45) is 3.26. The number of aryl methyl sites for hydroxylation is 1. The molecule has 1 aliphatic rings. The highest BCUT2D eigenvalue weighted by atomic mass is 16.3. The number of phenolic OH excluding ortho intramolecular Hbond substituents is 1. The number of anilines is 1. The van der Waals surface area contributed by atoms with Crippen LogP contribution in [0.25, 0.3) is 0 Å². The molecule has 0 saturated carbocycles. The van der Waals surface area contributed by atoms with Crippen LogP contribution in [0.5, 0.6) is 5.75 Å². The Kier molecular flexibility index (Phi) is 4.27. The molecule has 1 amide bonds. The van der Waals surface area contributed by atoms with E-state index in [2.05, 4.69) is 4.98 Å². The molecule has 128 valence electrons. The molecule has 2 heterocycles. The second kappa shape index (κ2) is 6.39. The number of amides is 1. The molecule has 0 spiro atoms. The topological polar surface area (TPSA) is 90.7 Å². The molecule has 25 heavy (non-hydrogen) atoms. The molecule has 1 aromatic carbocycles. The Morgan fingerprint density at radius 1 is 1.20 bits per heavy atom. The van der Waals surface area contributed by atoms with Crippen molar-refractivity contribution in [1.82, 2.24) is 4.98 Å². The summed E-state index contributed by atoms with van der Waals surface area (Å²) in [4.78, 5) is 30.3. The SMILES string of the molecule is CCC(=O)C1=C(O)C(=O)N(c2cc(C)ccc2O)C1c1ccncc1. The van der Waals surface area contributed by atoms with E-state index in [-0.39, 0.29) is 29.2 Å². The molecule has 0 bridgehead atoms. The summed E-state index contributed by atoms with van der Waals surface area (Å²) in [5, 5.41) is 20.6. The van der Waals surface area contributed by atoms with Gasteiger partial charge in [0.05, 0.1) is 17.3 Å². The van der Waals surface area contributed by atoms with Crippen molar-refractivity contribution in [3.8, 4) is 5.75 Å². The molecule has 6 heteroatoms. The summed E-state index contributed by atoms with van der Waals surface area (Å²) in [6, 6.07) is 7.40. The summed E-state index contributed by atoms with van der Waals surface area (Å²) < 4.78 is 0. The minimum absolute atomic E-state index is 0.0413. The number of pyridine rings is 1. The number of aliphatic hydroxyl groups excluding tert-OH is 1. The molecular formula is C19H18N2O4. The Morgan fingerprint density at radius 3 is 2.52 bits per heavy atom. The molecule has 1 unspecified atom stereocenters. The first-order chi connectivity index (χ1) is 12.0. The number of aromatic nitrogens is 1. The fourth-order valence-corrected chi connectivity index (χ4v) is 3.02. The van der Waals surface area contributed by atoms with E-state index in [1.165, 1.54) is 11.0 Å². The maximum absolute atomic E-state index is 12.7. The number of benzene rings is 1. The normalized spacial score (nSPS) is 17.3. The number of carbonyl (C=O) groups excluding carboxylic acids is 2. The monoisotopic (exact) mass is 338 g/mol. The van der Waals surface area contributed by atoms with Crippen molar-refractivity contribution in [3.05, 3.63) is 65.2 Å². The molecule has 0 aliphatic carbocycles. The van der Waals surface area contributed by atoms with Crippen LogP contribution in [0.3, 0.4) is 0 Å². The van der Waals surface area contributed by atoms with Gasteiger partial charge in [-0.2, -0.15) is 0 Å². The average molecular weight is 338 g/mol. The molecule has 1 aliphatic heterocycles. The fraction of sp³-hybridized carbons (Fsp3) is 0.211. The third kappa shape index (κ3) is 2.76. The highest BCUT2D eigenvalue weighted by Crippen LogP contribution is 2.44. The van der Waals surface area contributed by atoms with E-state index < -0.39 is 17.7 Å². The molecule has 0 fully saturated rings. The minimum Gasteiger partial charge on any atom is -0.506 e.